The molecule has 3 nitrogen and oxygen atoms in total. The largest absolute Gasteiger partial charge is 0.460 e. The van der Waals surface area contributed by atoms with E-state index in [0.29, 0.717) is 18.7 Å². The molecule has 0 atom stereocenters. The molecule has 0 bridgehead atoms. The molecule has 2 rings (SSSR count). The first-order valence-electron chi connectivity index (χ1n) is 7.24. The molecule has 21 heavy (non-hydrogen) atoms. The highest BCUT2D eigenvalue weighted by Gasteiger charge is 2.08. The summed E-state index contributed by atoms with van der Waals surface area (Å²) in [6.07, 6.45) is 0. The molecule has 0 aliphatic carbocycles. The average molecular weight is 283 g/mol. The van der Waals surface area contributed by atoms with Gasteiger partial charge in [-0.2, -0.15) is 0 Å². The predicted molar refractivity (Wildman–Crippen MR) is 85.8 cm³/mol. The van der Waals surface area contributed by atoms with Crippen molar-refractivity contribution in [3.8, 4) is 0 Å². The Labute approximate surface area is 126 Å². The van der Waals surface area contributed by atoms with Crippen LogP contribution in [0.3, 0.4) is 0 Å². The van der Waals surface area contributed by atoms with Crippen molar-refractivity contribution in [1.29, 1.82) is 0 Å². The van der Waals surface area contributed by atoms with Crippen LogP contribution in [0.2, 0.25) is 0 Å². The maximum absolute atomic E-state index is 11.9. The molecule has 0 unspecified atom stereocenters. The van der Waals surface area contributed by atoms with Crippen LogP contribution in [-0.2, 0) is 4.74 Å². The molecule has 0 fully saturated rings. The van der Waals surface area contributed by atoms with Crippen LogP contribution in [-0.4, -0.2) is 25.7 Å². The predicted octanol–water partition coefficient (Wildman–Crippen LogP) is 3.68. The topological polar surface area (TPSA) is 29.5 Å². The minimum absolute atomic E-state index is 0.265. The summed E-state index contributed by atoms with van der Waals surface area (Å²) in [4.78, 5) is 14.1. The smallest absolute Gasteiger partial charge is 0.338 e. The van der Waals surface area contributed by atoms with Gasteiger partial charge in [0.05, 0.1) is 12.1 Å². The molecule has 110 valence electrons. The van der Waals surface area contributed by atoms with E-state index in [9.17, 15) is 4.79 Å². The van der Waals surface area contributed by atoms with Crippen molar-refractivity contribution in [3.05, 3.63) is 65.7 Å². The Morgan fingerprint density at radius 2 is 1.71 bits per heavy atom. The molecule has 0 saturated heterocycles. The van der Waals surface area contributed by atoms with Crippen molar-refractivity contribution in [2.45, 2.75) is 13.8 Å². The van der Waals surface area contributed by atoms with Crippen LogP contribution in [0.5, 0.6) is 0 Å². The number of rotatable bonds is 6. The number of anilines is 1. The highest BCUT2D eigenvalue weighted by atomic mass is 16.5. The summed E-state index contributed by atoms with van der Waals surface area (Å²) >= 11 is 0. The zero-order valence-electron chi connectivity index (χ0n) is 12.6. The molecule has 2 aromatic rings. The van der Waals surface area contributed by atoms with Gasteiger partial charge in [-0.1, -0.05) is 35.9 Å². The summed E-state index contributed by atoms with van der Waals surface area (Å²) in [5.41, 5.74) is 2.88. The highest BCUT2D eigenvalue weighted by molar-refractivity contribution is 5.89. The summed E-state index contributed by atoms with van der Waals surface area (Å²) in [6.45, 7) is 6.04. The number of hydrogen-bond donors (Lipinski definition) is 0. The zero-order valence-corrected chi connectivity index (χ0v) is 12.6. The maximum atomic E-state index is 11.9. The van der Waals surface area contributed by atoms with Gasteiger partial charge in [0, 0.05) is 12.2 Å². The first kappa shape index (κ1) is 15.1. The lowest BCUT2D eigenvalue weighted by molar-refractivity contribution is 0.0515. The Kier molecular flexibility index (Phi) is 5.38. The Balaban J connectivity index is 1.85. The van der Waals surface area contributed by atoms with Crippen LogP contribution in [0.25, 0.3) is 0 Å². The van der Waals surface area contributed by atoms with Gasteiger partial charge in [-0.25, -0.2) is 4.79 Å². The van der Waals surface area contributed by atoms with E-state index in [4.69, 9.17) is 4.74 Å². The van der Waals surface area contributed by atoms with Gasteiger partial charge in [-0.3, -0.25) is 0 Å². The van der Waals surface area contributed by atoms with E-state index >= 15 is 0 Å². The lowest BCUT2D eigenvalue weighted by Gasteiger charge is -2.22. The molecule has 0 spiro atoms. The van der Waals surface area contributed by atoms with Crippen LogP contribution < -0.4 is 4.90 Å². The lowest BCUT2D eigenvalue weighted by Crippen LogP contribution is -2.27. The SMILES string of the molecule is CCN(CCOC(=O)c1ccc(C)cc1)c1ccccc1. The van der Waals surface area contributed by atoms with E-state index in [1.807, 2.05) is 37.3 Å². The standard InChI is InChI=1S/C18H21NO2/c1-3-19(17-7-5-4-6-8-17)13-14-21-18(20)16-11-9-15(2)10-12-16/h4-12H,3,13-14H2,1-2H3. The minimum Gasteiger partial charge on any atom is -0.460 e. The number of benzene rings is 2. The average Bonchev–Trinajstić information content (AvgIpc) is 2.53. The summed E-state index contributed by atoms with van der Waals surface area (Å²) in [7, 11) is 0. The van der Waals surface area contributed by atoms with E-state index in [2.05, 4.69) is 24.0 Å². The Bertz CT molecular complexity index is 564. The molecule has 0 radical (unpaired) electrons. The van der Waals surface area contributed by atoms with E-state index < -0.39 is 0 Å². The normalized spacial score (nSPS) is 10.2. The Morgan fingerprint density at radius 1 is 1.05 bits per heavy atom. The van der Waals surface area contributed by atoms with Gasteiger partial charge in [0.15, 0.2) is 0 Å². The number of para-hydroxylation sites is 1. The van der Waals surface area contributed by atoms with Crippen molar-refractivity contribution >= 4 is 11.7 Å². The second-order valence-electron chi connectivity index (χ2n) is 4.92. The van der Waals surface area contributed by atoms with Crippen molar-refractivity contribution in [2.75, 3.05) is 24.6 Å². The fourth-order valence-electron chi connectivity index (χ4n) is 2.13. The van der Waals surface area contributed by atoms with Crippen molar-refractivity contribution < 1.29 is 9.53 Å². The Hall–Kier alpha value is -2.29. The molecule has 2 aromatic carbocycles. The van der Waals surface area contributed by atoms with Gasteiger partial charge >= 0.3 is 5.97 Å². The molecule has 0 N–H and O–H groups in total. The van der Waals surface area contributed by atoms with Crippen LogP contribution >= 0.6 is 0 Å². The van der Waals surface area contributed by atoms with Gasteiger partial charge in [0.1, 0.15) is 6.61 Å². The van der Waals surface area contributed by atoms with Gasteiger partial charge in [-0.15, -0.1) is 0 Å². The minimum atomic E-state index is -0.265. The molecule has 0 heterocycles. The summed E-state index contributed by atoms with van der Waals surface area (Å²) in [5, 5.41) is 0. The molecular weight excluding hydrogens is 262 g/mol. The highest BCUT2D eigenvalue weighted by Crippen LogP contribution is 2.12. The molecule has 0 aliphatic rings. The summed E-state index contributed by atoms with van der Waals surface area (Å²) in [6, 6.07) is 17.6. The van der Waals surface area contributed by atoms with Crippen LogP contribution in [0, 0.1) is 6.92 Å². The molecular formula is C18H21NO2. The van der Waals surface area contributed by atoms with E-state index in [0.717, 1.165) is 17.8 Å². The summed E-state index contributed by atoms with van der Waals surface area (Å²) < 4.78 is 5.34. The Morgan fingerprint density at radius 3 is 2.33 bits per heavy atom. The fraction of sp³-hybridized carbons (Fsp3) is 0.278. The molecule has 0 saturated carbocycles. The van der Waals surface area contributed by atoms with Gasteiger partial charge in [0.25, 0.3) is 0 Å². The molecule has 0 amide bonds. The quantitative estimate of drug-likeness (QED) is 0.757. The number of likely N-dealkylation sites (N-methyl/N-ethyl adjacent to an activating group) is 1. The number of esters is 1. The van der Waals surface area contributed by atoms with E-state index in [-0.39, 0.29) is 5.97 Å². The molecule has 0 aromatic heterocycles. The first-order chi connectivity index (χ1) is 10.2. The van der Waals surface area contributed by atoms with Crippen LogP contribution in [0.4, 0.5) is 5.69 Å². The number of aryl methyl sites for hydroxylation is 1. The number of carbonyl (C=O) groups is 1. The number of hydrogen-bond acceptors (Lipinski definition) is 3. The van der Waals surface area contributed by atoms with Gasteiger partial charge in [0.2, 0.25) is 0 Å². The number of carbonyl (C=O) groups excluding carboxylic acids is 1. The summed E-state index contributed by atoms with van der Waals surface area (Å²) in [5.74, 6) is -0.265. The van der Waals surface area contributed by atoms with Crippen LogP contribution in [0.15, 0.2) is 54.6 Å². The first-order valence-corrected chi connectivity index (χ1v) is 7.24. The third kappa shape index (κ3) is 4.35. The fourth-order valence-corrected chi connectivity index (χ4v) is 2.13. The lowest BCUT2D eigenvalue weighted by atomic mass is 10.1. The third-order valence-corrected chi connectivity index (χ3v) is 3.38. The van der Waals surface area contributed by atoms with Crippen molar-refractivity contribution in [1.82, 2.24) is 0 Å². The van der Waals surface area contributed by atoms with Crippen LogP contribution in [0.1, 0.15) is 22.8 Å². The zero-order chi connectivity index (χ0) is 15.1. The van der Waals surface area contributed by atoms with Gasteiger partial charge < -0.3 is 9.64 Å². The third-order valence-electron chi connectivity index (χ3n) is 3.38. The number of nitrogens with zero attached hydrogens (tertiary/aromatic N) is 1. The van der Waals surface area contributed by atoms with Gasteiger partial charge in [-0.05, 0) is 38.1 Å². The van der Waals surface area contributed by atoms with E-state index in [1.165, 1.54) is 0 Å². The van der Waals surface area contributed by atoms with Crippen molar-refractivity contribution in [3.63, 3.8) is 0 Å². The molecule has 0 aliphatic heterocycles. The maximum Gasteiger partial charge on any atom is 0.338 e. The van der Waals surface area contributed by atoms with Crippen molar-refractivity contribution in [2.24, 2.45) is 0 Å². The number of ether oxygens (including phenoxy) is 1. The van der Waals surface area contributed by atoms with E-state index in [1.54, 1.807) is 12.1 Å². The second-order valence-corrected chi connectivity index (χ2v) is 4.92. The monoisotopic (exact) mass is 283 g/mol. The molecule has 3 heteroatoms. The second kappa shape index (κ2) is 7.48.